The van der Waals surface area contributed by atoms with Crippen LogP contribution in [-0.2, 0) is 11.3 Å². The summed E-state index contributed by atoms with van der Waals surface area (Å²) >= 11 is 0. The minimum atomic E-state index is -0.434. The third-order valence-electron chi connectivity index (χ3n) is 3.30. The highest BCUT2D eigenvalue weighted by atomic mass is 16.2. The van der Waals surface area contributed by atoms with Gasteiger partial charge in [0.2, 0.25) is 5.91 Å². The van der Waals surface area contributed by atoms with Crippen molar-refractivity contribution in [1.29, 1.82) is 0 Å². The van der Waals surface area contributed by atoms with Crippen molar-refractivity contribution in [2.45, 2.75) is 47.2 Å². The van der Waals surface area contributed by atoms with Crippen molar-refractivity contribution < 1.29 is 4.79 Å². The molecule has 1 atom stereocenters. The average molecular weight is 248 g/mol. The van der Waals surface area contributed by atoms with Crippen LogP contribution < -0.4 is 11.1 Å². The first-order valence-electron chi connectivity index (χ1n) is 6.43. The van der Waals surface area contributed by atoms with Crippen LogP contribution in [0.5, 0.6) is 0 Å². The Morgan fingerprint density at radius 3 is 2.17 bits per heavy atom. The molecule has 0 saturated carbocycles. The van der Waals surface area contributed by atoms with Crippen LogP contribution in [0.1, 0.15) is 36.1 Å². The SMILES string of the molecule is Cc1cc(C)c(CNC(=O)[C@@H](N)C(C)C)c(C)c1. The van der Waals surface area contributed by atoms with Gasteiger partial charge in [0.15, 0.2) is 0 Å². The monoisotopic (exact) mass is 248 g/mol. The molecule has 0 aliphatic rings. The van der Waals surface area contributed by atoms with Crippen LogP contribution >= 0.6 is 0 Å². The van der Waals surface area contributed by atoms with E-state index in [0.717, 1.165) is 0 Å². The van der Waals surface area contributed by atoms with Crippen molar-refractivity contribution in [1.82, 2.24) is 5.32 Å². The number of nitrogens with one attached hydrogen (secondary N) is 1. The number of carbonyl (C=O) groups excluding carboxylic acids is 1. The topological polar surface area (TPSA) is 55.1 Å². The van der Waals surface area contributed by atoms with Gasteiger partial charge in [0.25, 0.3) is 0 Å². The van der Waals surface area contributed by atoms with Crippen LogP contribution in [0, 0.1) is 26.7 Å². The number of aryl methyl sites for hydroxylation is 3. The van der Waals surface area contributed by atoms with Gasteiger partial charge in [0.05, 0.1) is 6.04 Å². The molecule has 0 spiro atoms. The molecule has 100 valence electrons. The van der Waals surface area contributed by atoms with Crippen LogP contribution in [0.2, 0.25) is 0 Å². The highest BCUT2D eigenvalue weighted by molar-refractivity contribution is 5.81. The fourth-order valence-corrected chi connectivity index (χ4v) is 2.08. The second kappa shape index (κ2) is 6.01. The first-order valence-corrected chi connectivity index (χ1v) is 6.43. The Hall–Kier alpha value is -1.35. The highest BCUT2D eigenvalue weighted by Gasteiger charge is 2.17. The van der Waals surface area contributed by atoms with Gasteiger partial charge < -0.3 is 11.1 Å². The number of rotatable bonds is 4. The number of benzene rings is 1. The molecule has 1 amide bonds. The standard InChI is InChI=1S/C15H24N2O/c1-9(2)14(16)15(18)17-8-13-11(4)6-10(3)7-12(13)5/h6-7,9,14H,8,16H2,1-5H3,(H,17,18)/t14-/m0/s1. The number of amides is 1. The lowest BCUT2D eigenvalue weighted by Gasteiger charge is -2.17. The number of hydrogen-bond donors (Lipinski definition) is 2. The van der Waals surface area contributed by atoms with Gasteiger partial charge in [0.1, 0.15) is 0 Å². The molecule has 0 unspecified atom stereocenters. The molecule has 0 aliphatic carbocycles. The van der Waals surface area contributed by atoms with E-state index in [0.29, 0.717) is 6.54 Å². The minimum Gasteiger partial charge on any atom is -0.351 e. The van der Waals surface area contributed by atoms with Gasteiger partial charge in [-0.3, -0.25) is 4.79 Å². The molecule has 18 heavy (non-hydrogen) atoms. The summed E-state index contributed by atoms with van der Waals surface area (Å²) in [7, 11) is 0. The summed E-state index contributed by atoms with van der Waals surface area (Å²) in [6.07, 6.45) is 0. The number of nitrogens with two attached hydrogens (primary N) is 1. The average Bonchev–Trinajstić information content (AvgIpc) is 2.25. The van der Waals surface area contributed by atoms with E-state index < -0.39 is 6.04 Å². The van der Waals surface area contributed by atoms with E-state index >= 15 is 0 Å². The Labute approximate surface area is 110 Å². The predicted octanol–water partition coefficient (Wildman–Crippen LogP) is 2.21. The quantitative estimate of drug-likeness (QED) is 0.858. The van der Waals surface area contributed by atoms with Crippen LogP contribution in [0.15, 0.2) is 12.1 Å². The third-order valence-corrected chi connectivity index (χ3v) is 3.30. The van der Waals surface area contributed by atoms with Crippen LogP contribution in [-0.4, -0.2) is 11.9 Å². The van der Waals surface area contributed by atoms with Crippen molar-refractivity contribution in [3.63, 3.8) is 0 Å². The molecule has 3 heteroatoms. The molecule has 1 aromatic rings. The van der Waals surface area contributed by atoms with E-state index in [1.54, 1.807) is 0 Å². The highest BCUT2D eigenvalue weighted by Crippen LogP contribution is 2.16. The minimum absolute atomic E-state index is 0.0793. The van der Waals surface area contributed by atoms with Crippen LogP contribution in [0.4, 0.5) is 0 Å². The molecule has 0 aromatic heterocycles. The molecular formula is C15H24N2O. The van der Waals surface area contributed by atoms with Crippen molar-refractivity contribution in [2.75, 3.05) is 0 Å². The van der Waals surface area contributed by atoms with Crippen LogP contribution in [0.3, 0.4) is 0 Å². The van der Waals surface area contributed by atoms with Gasteiger partial charge in [-0.25, -0.2) is 0 Å². The van der Waals surface area contributed by atoms with E-state index in [4.69, 9.17) is 5.73 Å². The van der Waals surface area contributed by atoms with Gasteiger partial charge >= 0.3 is 0 Å². The maximum absolute atomic E-state index is 11.8. The summed E-state index contributed by atoms with van der Waals surface area (Å²) in [6, 6.07) is 3.84. The Bertz CT molecular complexity index is 415. The molecule has 0 saturated heterocycles. The normalized spacial score (nSPS) is 12.6. The maximum Gasteiger partial charge on any atom is 0.237 e. The Morgan fingerprint density at radius 1 is 1.22 bits per heavy atom. The number of carbonyl (C=O) groups is 1. The molecule has 3 N–H and O–H groups in total. The summed E-state index contributed by atoms with van der Waals surface area (Å²) in [5.41, 5.74) is 10.7. The molecule has 0 heterocycles. The largest absolute Gasteiger partial charge is 0.351 e. The predicted molar refractivity (Wildman–Crippen MR) is 75.3 cm³/mol. The van der Waals surface area contributed by atoms with E-state index in [1.165, 1.54) is 22.3 Å². The van der Waals surface area contributed by atoms with Crippen molar-refractivity contribution in [3.05, 3.63) is 34.4 Å². The van der Waals surface area contributed by atoms with Crippen molar-refractivity contribution in [2.24, 2.45) is 11.7 Å². The summed E-state index contributed by atoms with van der Waals surface area (Å²) in [5, 5.41) is 2.92. The van der Waals surface area contributed by atoms with Gasteiger partial charge in [-0.2, -0.15) is 0 Å². The second-order valence-corrected chi connectivity index (χ2v) is 5.36. The van der Waals surface area contributed by atoms with E-state index in [-0.39, 0.29) is 11.8 Å². The smallest absolute Gasteiger partial charge is 0.237 e. The van der Waals surface area contributed by atoms with Gasteiger partial charge in [0, 0.05) is 6.54 Å². The van der Waals surface area contributed by atoms with Crippen LogP contribution in [0.25, 0.3) is 0 Å². The molecule has 1 aromatic carbocycles. The lowest BCUT2D eigenvalue weighted by Crippen LogP contribution is -2.43. The molecular weight excluding hydrogens is 224 g/mol. The first kappa shape index (κ1) is 14.7. The zero-order valence-corrected chi connectivity index (χ0v) is 12.0. The second-order valence-electron chi connectivity index (χ2n) is 5.36. The van der Waals surface area contributed by atoms with E-state index in [2.05, 4.69) is 38.2 Å². The zero-order chi connectivity index (χ0) is 13.9. The Morgan fingerprint density at radius 2 is 1.72 bits per heavy atom. The third kappa shape index (κ3) is 3.57. The summed E-state index contributed by atoms with van der Waals surface area (Å²) < 4.78 is 0. The van der Waals surface area contributed by atoms with Gasteiger partial charge in [-0.1, -0.05) is 31.5 Å². The van der Waals surface area contributed by atoms with Crippen molar-refractivity contribution >= 4 is 5.91 Å². The summed E-state index contributed by atoms with van der Waals surface area (Å²) in [4.78, 5) is 11.8. The van der Waals surface area contributed by atoms with E-state index in [1.807, 2.05) is 13.8 Å². The lowest BCUT2D eigenvalue weighted by molar-refractivity contribution is -0.123. The summed E-state index contributed by atoms with van der Waals surface area (Å²) in [5.74, 6) is 0.0783. The maximum atomic E-state index is 11.8. The molecule has 0 aliphatic heterocycles. The molecule has 0 fully saturated rings. The first-order chi connectivity index (χ1) is 8.32. The fraction of sp³-hybridized carbons (Fsp3) is 0.533. The van der Waals surface area contributed by atoms with Gasteiger partial charge in [-0.05, 0) is 43.4 Å². The molecule has 3 nitrogen and oxygen atoms in total. The Kier molecular flexibility index (Phi) is 4.91. The molecule has 1 rings (SSSR count). The van der Waals surface area contributed by atoms with Gasteiger partial charge in [-0.15, -0.1) is 0 Å². The summed E-state index contributed by atoms with van der Waals surface area (Å²) in [6.45, 7) is 10.7. The number of hydrogen-bond acceptors (Lipinski definition) is 2. The van der Waals surface area contributed by atoms with E-state index in [9.17, 15) is 4.79 Å². The molecule has 0 bridgehead atoms. The molecule has 0 radical (unpaired) electrons. The van der Waals surface area contributed by atoms with Crippen molar-refractivity contribution in [3.8, 4) is 0 Å². The zero-order valence-electron chi connectivity index (χ0n) is 12.0. The Balaban J connectivity index is 2.73. The fourth-order valence-electron chi connectivity index (χ4n) is 2.08. The lowest BCUT2D eigenvalue weighted by atomic mass is 9.99.